The minimum absolute atomic E-state index is 0.0543. The summed E-state index contributed by atoms with van der Waals surface area (Å²) in [6, 6.07) is 16.6. The third-order valence-corrected chi connectivity index (χ3v) is 5.76. The Kier molecular flexibility index (Phi) is 4.13. The molecule has 0 unspecified atom stereocenters. The third kappa shape index (κ3) is 2.68. The molecule has 1 amide bonds. The van der Waals surface area contributed by atoms with E-state index in [0.29, 0.717) is 31.8 Å². The molecule has 5 rings (SSSR count). The molecule has 0 bridgehead atoms. The average molecular weight is 375 g/mol. The van der Waals surface area contributed by atoms with Gasteiger partial charge in [-0.1, -0.05) is 48.5 Å². The molecule has 6 heteroatoms. The van der Waals surface area contributed by atoms with Gasteiger partial charge in [0.25, 0.3) is 0 Å². The lowest BCUT2D eigenvalue weighted by molar-refractivity contribution is 0.0949. The molecule has 6 nitrogen and oxygen atoms in total. The summed E-state index contributed by atoms with van der Waals surface area (Å²) >= 11 is 0. The SMILES string of the molecule is O=C(OCC1c2ccccc2-c2ccccc21)N1CCc2[nH]nc(CO)c2C1. The first-order chi connectivity index (χ1) is 13.8. The fourth-order valence-corrected chi connectivity index (χ4v) is 4.33. The van der Waals surface area contributed by atoms with Gasteiger partial charge in [0.15, 0.2) is 0 Å². The summed E-state index contributed by atoms with van der Waals surface area (Å²) in [7, 11) is 0. The summed E-state index contributed by atoms with van der Waals surface area (Å²) in [5.41, 5.74) is 7.34. The largest absolute Gasteiger partial charge is 0.448 e. The number of nitrogens with one attached hydrogen (secondary N) is 1. The Hall–Kier alpha value is -3.12. The molecule has 2 aromatic carbocycles. The van der Waals surface area contributed by atoms with E-state index in [0.717, 1.165) is 11.3 Å². The summed E-state index contributed by atoms with van der Waals surface area (Å²) in [4.78, 5) is 14.4. The Bertz CT molecular complexity index is 984. The number of aliphatic hydroxyl groups excluding tert-OH is 1. The van der Waals surface area contributed by atoms with Crippen molar-refractivity contribution in [1.82, 2.24) is 15.1 Å². The van der Waals surface area contributed by atoms with Crippen molar-refractivity contribution in [2.45, 2.75) is 25.5 Å². The van der Waals surface area contributed by atoms with E-state index in [-0.39, 0.29) is 18.6 Å². The van der Waals surface area contributed by atoms with Gasteiger partial charge >= 0.3 is 6.09 Å². The molecule has 0 radical (unpaired) electrons. The Morgan fingerprint density at radius 2 is 1.82 bits per heavy atom. The van der Waals surface area contributed by atoms with Crippen molar-refractivity contribution in [1.29, 1.82) is 0 Å². The van der Waals surface area contributed by atoms with Crippen LogP contribution in [0.2, 0.25) is 0 Å². The smallest absolute Gasteiger partial charge is 0.410 e. The lowest BCUT2D eigenvalue weighted by Gasteiger charge is -2.27. The van der Waals surface area contributed by atoms with Gasteiger partial charge in [-0.05, 0) is 22.3 Å². The first kappa shape index (κ1) is 17.0. The number of hydrogen-bond donors (Lipinski definition) is 2. The molecule has 28 heavy (non-hydrogen) atoms. The molecule has 3 aromatic rings. The molecule has 0 spiro atoms. The number of H-pyrrole nitrogens is 1. The van der Waals surface area contributed by atoms with Crippen LogP contribution in [0.1, 0.15) is 34.0 Å². The van der Waals surface area contributed by atoms with Crippen LogP contribution in [0.5, 0.6) is 0 Å². The molecular weight excluding hydrogens is 354 g/mol. The fourth-order valence-electron chi connectivity index (χ4n) is 4.33. The molecule has 0 fully saturated rings. The molecule has 1 aliphatic carbocycles. The predicted molar refractivity (Wildman–Crippen MR) is 104 cm³/mol. The van der Waals surface area contributed by atoms with Crippen LogP contribution in [0.25, 0.3) is 11.1 Å². The zero-order valence-electron chi connectivity index (χ0n) is 15.4. The number of benzene rings is 2. The van der Waals surface area contributed by atoms with Gasteiger partial charge in [0, 0.05) is 30.1 Å². The first-order valence-electron chi connectivity index (χ1n) is 9.52. The predicted octanol–water partition coefficient (Wildman–Crippen LogP) is 3.21. The van der Waals surface area contributed by atoms with E-state index in [1.807, 2.05) is 24.3 Å². The number of fused-ring (bicyclic) bond motifs is 4. The maximum Gasteiger partial charge on any atom is 0.410 e. The topological polar surface area (TPSA) is 78.5 Å². The van der Waals surface area contributed by atoms with Crippen molar-refractivity contribution in [2.24, 2.45) is 0 Å². The van der Waals surface area contributed by atoms with Gasteiger partial charge in [-0.2, -0.15) is 5.10 Å². The molecular formula is C22H21N3O3. The highest BCUT2D eigenvalue weighted by Crippen LogP contribution is 2.44. The van der Waals surface area contributed by atoms with Gasteiger partial charge < -0.3 is 14.7 Å². The number of carbonyl (C=O) groups is 1. The second-order valence-electron chi connectivity index (χ2n) is 7.26. The normalized spacial score (nSPS) is 15.1. The summed E-state index contributed by atoms with van der Waals surface area (Å²) in [5, 5.41) is 16.5. The van der Waals surface area contributed by atoms with Crippen LogP contribution < -0.4 is 0 Å². The Morgan fingerprint density at radius 1 is 1.14 bits per heavy atom. The Labute approximate surface area is 162 Å². The van der Waals surface area contributed by atoms with E-state index in [1.165, 1.54) is 22.3 Å². The van der Waals surface area contributed by atoms with Gasteiger partial charge in [-0.15, -0.1) is 0 Å². The van der Waals surface area contributed by atoms with E-state index < -0.39 is 0 Å². The monoisotopic (exact) mass is 375 g/mol. The van der Waals surface area contributed by atoms with E-state index in [9.17, 15) is 9.90 Å². The minimum Gasteiger partial charge on any atom is -0.448 e. The zero-order chi connectivity index (χ0) is 19.1. The van der Waals surface area contributed by atoms with E-state index in [2.05, 4.69) is 34.5 Å². The highest BCUT2D eigenvalue weighted by molar-refractivity contribution is 5.79. The van der Waals surface area contributed by atoms with Crippen LogP contribution in [-0.4, -0.2) is 39.4 Å². The minimum atomic E-state index is -0.322. The molecule has 2 aliphatic rings. The van der Waals surface area contributed by atoms with Gasteiger partial charge in [-0.25, -0.2) is 4.79 Å². The number of ether oxygens (including phenoxy) is 1. The Morgan fingerprint density at radius 3 is 2.50 bits per heavy atom. The number of aliphatic hydroxyl groups is 1. The van der Waals surface area contributed by atoms with Crippen LogP contribution in [0, 0.1) is 0 Å². The van der Waals surface area contributed by atoms with Crippen LogP contribution in [0.15, 0.2) is 48.5 Å². The second kappa shape index (κ2) is 6.80. The number of carbonyl (C=O) groups excluding carboxylic acids is 1. The molecule has 142 valence electrons. The van der Waals surface area contributed by atoms with Gasteiger partial charge in [0.2, 0.25) is 0 Å². The third-order valence-electron chi connectivity index (χ3n) is 5.76. The van der Waals surface area contributed by atoms with Gasteiger partial charge in [-0.3, -0.25) is 5.10 Å². The second-order valence-corrected chi connectivity index (χ2v) is 7.26. The van der Waals surface area contributed by atoms with Crippen LogP contribution in [0.3, 0.4) is 0 Å². The highest BCUT2D eigenvalue weighted by Gasteiger charge is 2.31. The summed E-state index contributed by atoms with van der Waals surface area (Å²) in [6.07, 6.45) is 0.365. The first-order valence-corrected chi connectivity index (χ1v) is 9.52. The summed E-state index contributed by atoms with van der Waals surface area (Å²) in [6.45, 7) is 1.17. The molecule has 0 saturated carbocycles. The van der Waals surface area contributed by atoms with Gasteiger partial charge in [0.1, 0.15) is 6.61 Å². The summed E-state index contributed by atoms with van der Waals surface area (Å²) < 4.78 is 5.74. The lowest BCUT2D eigenvalue weighted by atomic mass is 9.98. The molecule has 1 aliphatic heterocycles. The number of aromatic nitrogens is 2. The lowest BCUT2D eigenvalue weighted by Crippen LogP contribution is -2.37. The highest BCUT2D eigenvalue weighted by atomic mass is 16.6. The molecule has 2 heterocycles. The van der Waals surface area contributed by atoms with E-state index in [1.54, 1.807) is 4.90 Å². The number of aromatic amines is 1. The number of hydrogen-bond acceptors (Lipinski definition) is 4. The van der Waals surface area contributed by atoms with Crippen LogP contribution in [0.4, 0.5) is 4.79 Å². The quantitative estimate of drug-likeness (QED) is 0.737. The zero-order valence-corrected chi connectivity index (χ0v) is 15.4. The van der Waals surface area contributed by atoms with Gasteiger partial charge in [0.05, 0.1) is 18.8 Å². The van der Waals surface area contributed by atoms with Crippen molar-refractivity contribution in [3.8, 4) is 11.1 Å². The van der Waals surface area contributed by atoms with Crippen molar-refractivity contribution in [3.05, 3.63) is 76.6 Å². The van der Waals surface area contributed by atoms with E-state index in [4.69, 9.17) is 4.74 Å². The Balaban J connectivity index is 1.32. The number of amides is 1. The molecule has 0 atom stereocenters. The fraction of sp³-hybridized carbons (Fsp3) is 0.273. The summed E-state index contributed by atoms with van der Waals surface area (Å²) in [5.74, 6) is 0.0543. The molecule has 0 saturated heterocycles. The van der Waals surface area contributed by atoms with Crippen LogP contribution in [-0.2, 0) is 24.3 Å². The average Bonchev–Trinajstić information content (AvgIpc) is 3.30. The van der Waals surface area contributed by atoms with Crippen molar-refractivity contribution >= 4 is 6.09 Å². The standard InChI is InChI=1S/C22H21N3O3/c26-12-21-18-11-25(10-9-20(18)23-24-21)22(27)28-13-19-16-7-3-1-5-14(16)15-6-2-4-8-17(15)19/h1-8,19,26H,9-13H2,(H,23,24). The van der Waals surface area contributed by atoms with Crippen LogP contribution >= 0.6 is 0 Å². The molecule has 1 aromatic heterocycles. The maximum absolute atomic E-state index is 12.7. The molecule has 2 N–H and O–H groups in total. The van der Waals surface area contributed by atoms with Crippen molar-refractivity contribution < 1.29 is 14.6 Å². The van der Waals surface area contributed by atoms with Crippen molar-refractivity contribution in [3.63, 3.8) is 0 Å². The van der Waals surface area contributed by atoms with Crippen molar-refractivity contribution in [2.75, 3.05) is 13.2 Å². The maximum atomic E-state index is 12.7. The number of rotatable bonds is 3. The number of nitrogens with zero attached hydrogens (tertiary/aromatic N) is 2. The van der Waals surface area contributed by atoms with E-state index >= 15 is 0 Å².